The molecule has 25 heavy (non-hydrogen) atoms. The van der Waals surface area contributed by atoms with E-state index in [4.69, 9.17) is 5.11 Å². The van der Waals surface area contributed by atoms with Gasteiger partial charge in [-0.1, -0.05) is 58.3 Å². The van der Waals surface area contributed by atoms with E-state index in [2.05, 4.69) is 11.9 Å². The van der Waals surface area contributed by atoms with E-state index in [0.29, 0.717) is 13.0 Å². The summed E-state index contributed by atoms with van der Waals surface area (Å²) in [6.07, 6.45) is 11.2. The summed E-state index contributed by atoms with van der Waals surface area (Å²) in [5.74, 6) is -1.48. The predicted molar refractivity (Wildman–Crippen MR) is 96.1 cm³/mol. The molecule has 0 bridgehead atoms. The van der Waals surface area contributed by atoms with E-state index in [9.17, 15) is 14.7 Å². The van der Waals surface area contributed by atoms with Gasteiger partial charge in [0.15, 0.2) is 11.8 Å². The predicted octanol–water partition coefficient (Wildman–Crippen LogP) is 1.45. The third-order valence-electron chi connectivity index (χ3n) is 5.04. The van der Waals surface area contributed by atoms with Gasteiger partial charge in [-0.3, -0.25) is 9.28 Å². The minimum atomic E-state index is -1.35. The Labute approximate surface area is 151 Å². The molecule has 1 aliphatic heterocycles. The highest BCUT2D eigenvalue weighted by Gasteiger charge is 2.42. The largest absolute Gasteiger partial charge is 0.539 e. The number of hydrogen-bond donors (Lipinski definition) is 1. The molecule has 0 amide bonds. The number of nitrogens with zero attached hydrogens (tertiary/aromatic N) is 2. The second-order valence-electron chi connectivity index (χ2n) is 7.33. The zero-order chi connectivity index (χ0) is 18.7. The van der Waals surface area contributed by atoms with Gasteiger partial charge in [-0.2, -0.15) is 0 Å². The quantitative estimate of drug-likeness (QED) is 0.378. The number of aliphatic imine (C=N–C) groups is 1. The highest BCUT2D eigenvalue weighted by Crippen LogP contribution is 2.20. The fourth-order valence-electron chi connectivity index (χ4n) is 3.44. The van der Waals surface area contributed by atoms with Gasteiger partial charge < -0.3 is 15.0 Å². The second-order valence-corrected chi connectivity index (χ2v) is 7.33. The SMILES string of the molecule is CCCCCCCCCCCC(=O)C1C[N+](C)(CCO)C(C(=O)[O-])=N1. The van der Waals surface area contributed by atoms with Crippen LogP contribution in [0.5, 0.6) is 0 Å². The first kappa shape index (κ1) is 21.8. The van der Waals surface area contributed by atoms with Gasteiger partial charge in [0.25, 0.3) is 0 Å². The zero-order valence-electron chi connectivity index (χ0n) is 15.8. The number of Topliss-reactive ketones (excluding diaryl/α,β-unsaturated/α-hetero) is 1. The molecule has 1 N–H and O–H groups in total. The minimum Gasteiger partial charge on any atom is -0.539 e. The van der Waals surface area contributed by atoms with Gasteiger partial charge in [0.05, 0.1) is 13.7 Å². The van der Waals surface area contributed by atoms with Crippen LogP contribution >= 0.6 is 0 Å². The normalized spacial score (nSPS) is 22.8. The molecule has 0 radical (unpaired) electrons. The first-order valence-electron chi connectivity index (χ1n) is 9.72. The lowest BCUT2D eigenvalue weighted by atomic mass is 10.0. The zero-order valence-corrected chi connectivity index (χ0v) is 15.8. The summed E-state index contributed by atoms with van der Waals surface area (Å²) in [5.41, 5.74) is 0. The van der Waals surface area contributed by atoms with Crippen LogP contribution in [0.3, 0.4) is 0 Å². The van der Waals surface area contributed by atoms with Crippen molar-refractivity contribution in [2.45, 2.75) is 77.2 Å². The fourth-order valence-corrected chi connectivity index (χ4v) is 3.44. The molecule has 0 aromatic rings. The summed E-state index contributed by atoms with van der Waals surface area (Å²) in [4.78, 5) is 27.6. The number of carbonyl (C=O) groups excluding carboxylic acids is 2. The van der Waals surface area contributed by atoms with E-state index < -0.39 is 12.0 Å². The smallest absolute Gasteiger partial charge is 0.247 e. The molecule has 2 atom stereocenters. The third kappa shape index (κ3) is 7.24. The third-order valence-corrected chi connectivity index (χ3v) is 5.04. The number of carbonyl (C=O) groups is 2. The van der Waals surface area contributed by atoms with Crippen molar-refractivity contribution in [2.75, 3.05) is 26.7 Å². The van der Waals surface area contributed by atoms with Crippen LogP contribution in [0.4, 0.5) is 0 Å². The number of carboxylic acid groups (broad SMARTS) is 1. The molecule has 144 valence electrons. The van der Waals surface area contributed by atoms with Crippen molar-refractivity contribution in [3.63, 3.8) is 0 Å². The van der Waals surface area contributed by atoms with E-state index in [1.807, 2.05) is 0 Å². The van der Waals surface area contributed by atoms with E-state index in [-0.39, 0.29) is 29.3 Å². The maximum absolute atomic E-state index is 12.3. The number of amidine groups is 1. The van der Waals surface area contributed by atoms with Crippen molar-refractivity contribution in [1.29, 1.82) is 0 Å². The van der Waals surface area contributed by atoms with Crippen molar-refractivity contribution < 1.29 is 24.3 Å². The van der Waals surface area contributed by atoms with Crippen molar-refractivity contribution in [2.24, 2.45) is 4.99 Å². The molecule has 0 aromatic heterocycles. The van der Waals surface area contributed by atoms with Crippen LogP contribution in [0.2, 0.25) is 0 Å². The van der Waals surface area contributed by atoms with Crippen LogP contribution in [0.15, 0.2) is 4.99 Å². The molecule has 6 nitrogen and oxygen atoms in total. The van der Waals surface area contributed by atoms with Gasteiger partial charge >= 0.3 is 0 Å². The molecule has 0 fully saturated rings. The Morgan fingerprint density at radius 3 is 2.20 bits per heavy atom. The molecule has 0 saturated carbocycles. The van der Waals surface area contributed by atoms with Crippen molar-refractivity contribution in [3.05, 3.63) is 0 Å². The van der Waals surface area contributed by atoms with Gasteiger partial charge in [0.1, 0.15) is 19.1 Å². The van der Waals surface area contributed by atoms with Gasteiger partial charge in [0.2, 0.25) is 5.84 Å². The van der Waals surface area contributed by atoms with Gasteiger partial charge in [0, 0.05) is 6.42 Å². The van der Waals surface area contributed by atoms with Crippen LogP contribution in [0.1, 0.15) is 71.1 Å². The Hall–Kier alpha value is -1.27. The van der Waals surface area contributed by atoms with Crippen LogP contribution in [0, 0.1) is 0 Å². The van der Waals surface area contributed by atoms with Crippen molar-refractivity contribution >= 4 is 17.6 Å². The maximum Gasteiger partial charge on any atom is 0.247 e. The van der Waals surface area contributed by atoms with Crippen LogP contribution in [-0.2, 0) is 9.59 Å². The Kier molecular flexibility index (Phi) is 9.90. The molecule has 6 heteroatoms. The molecule has 1 heterocycles. The number of aliphatic carboxylic acids is 1. The molecule has 2 unspecified atom stereocenters. The Bertz CT molecular complexity index is 464. The fraction of sp³-hybridized carbons (Fsp3) is 0.842. The number of unbranched alkanes of at least 4 members (excludes halogenated alkanes) is 8. The molecular formula is C19H34N2O4. The minimum absolute atomic E-state index is 0.00138. The number of likely N-dealkylation sites (N-methyl/N-ethyl adjacent to an activating group) is 1. The number of aliphatic hydroxyl groups excluding tert-OH is 1. The summed E-state index contributed by atoms with van der Waals surface area (Å²) in [6.45, 7) is 2.60. The molecule has 0 saturated heterocycles. The Balaban J connectivity index is 2.28. The number of aliphatic hydroxyl groups is 1. The summed E-state index contributed by atoms with van der Waals surface area (Å²) in [6, 6.07) is -0.613. The van der Waals surface area contributed by atoms with Crippen molar-refractivity contribution in [1.82, 2.24) is 0 Å². The number of rotatable bonds is 14. The summed E-state index contributed by atoms with van der Waals surface area (Å²) < 4.78 is -0.0347. The average molecular weight is 354 g/mol. The topological polar surface area (TPSA) is 89.8 Å². The van der Waals surface area contributed by atoms with Crippen LogP contribution in [-0.4, -0.2) is 60.0 Å². The molecule has 0 spiro atoms. The lowest BCUT2D eigenvalue weighted by Gasteiger charge is -2.29. The van der Waals surface area contributed by atoms with Crippen LogP contribution in [0.25, 0.3) is 0 Å². The lowest BCUT2D eigenvalue weighted by molar-refractivity contribution is -0.815. The van der Waals surface area contributed by atoms with Crippen molar-refractivity contribution in [3.8, 4) is 0 Å². The number of ketones is 1. The second kappa shape index (κ2) is 11.4. The Morgan fingerprint density at radius 1 is 1.12 bits per heavy atom. The van der Waals surface area contributed by atoms with Crippen LogP contribution < -0.4 is 5.11 Å². The summed E-state index contributed by atoms with van der Waals surface area (Å²) in [5, 5.41) is 20.4. The molecule has 0 aliphatic carbocycles. The van der Waals surface area contributed by atoms with Gasteiger partial charge in [-0.05, 0) is 6.42 Å². The number of quaternary nitrogens is 1. The van der Waals surface area contributed by atoms with Gasteiger partial charge in [-0.15, -0.1) is 0 Å². The Morgan fingerprint density at radius 2 is 1.68 bits per heavy atom. The molecular weight excluding hydrogens is 320 g/mol. The highest BCUT2D eigenvalue weighted by molar-refractivity contribution is 6.31. The van der Waals surface area contributed by atoms with E-state index in [0.717, 1.165) is 19.3 Å². The van der Waals surface area contributed by atoms with E-state index in [1.54, 1.807) is 7.05 Å². The molecule has 1 rings (SSSR count). The number of hydrogen-bond acceptors (Lipinski definition) is 5. The molecule has 0 aromatic carbocycles. The lowest BCUT2D eigenvalue weighted by Crippen LogP contribution is -2.56. The first-order chi connectivity index (χ1) is 11.9. The van der Waals surface area contributed by atoms with E-state index in [1.165, 1.54) is 38.5 Å². The summed E-state index contributed by atoms with van der Waals surface area (Å²) in [7, 11) is 1.68. The summed E-state index contributed by atoms with van der Waals surface area (Å²) >= 11 is 0. The highest BCUT2D eigenvalue weighted by atomic mass is 16.4. The average Bonchev–Trinajstić information content (AvgIpc) is 2.91. The molecule has 1 aliphatic rings. The monoisotopic (exact) mass is 354 g/mol. The first-order valence-corrected chi connectivity index (χ1v) is 9.72. The van der Waals surface area contributed by atoms with E-state index >= 15 is 0 Å². The maximum atomic E-state index is 12.3. The van der Waals surface area contributed by atoms with Gasteiger partial charge in [-0.25, -0.2) is 4.99 Å². The standard InChI is InChI=1S/C19H34N2O4/c1-3-4-5-6-7-8-9-10-11-12-17(23)16-15-21(2,13-14-22)18(20-16)19(24)25/h16,22H,3-15H2,1-2H3. The number of carboxylic acids is 1.